The molecule has 0 rings (SSSR count). The van der Waals surface area contributed by atoms with Gasteiger partial charge in [0.15, 0.2) is 0 Å². The minimum Gasteiger partial charge on any atom is -0.857 e. The van der Waals surface area contributed by atoms with Crippen LogP contribution in [0.25, 0.3) is 0 Å². The molecule has 0 saturated heterocycles. The van der Waals surface area contributed by atoms with Gasteiger partial charge in [0, 0.05) is 99.0 Å². The van der Waals surface area contributed by atoms with E-state index in [-0.39, 0.29) is 205 Å². The van der Waals surface area contributed by atoms with E-state index in [4.69, 9.17) is 123 Å². The maximum absolute atomic E-state index is 8.25. The molecule has 0 spiro atoms. The van der Waals surface area contributed by atoms with Gasteiger partial charge in [0.25, 0.3) is 0 Å². The molecule has 0 unspecified atom stereocenters. The molecule has 24 nitrogen and oxygen atoms in total. The van der Waals surface area contributed by atoms with E-state index in [2.05, 4.69) is 0 Å². The number of rotatable bonds is 0. The van der Waals surface area contributed by atoms with Gasteiger partial charge in [0.1, 0.15) is 0 Å². The van der Waals surface area contributed by atoms with Crippen molar-refractivity contribution in [2.24, 2.45) is 0 Å². The van der Waals surface area contributed by atoms with E-state index in [1.54, 1.807) is 0 Å². The number of hydrogen-bond acceptors (Lipinski definition) is 24. The summed E-state index contributed by atoms with van der Waals surface area (Å²) in [5.74, 6) is 0. The second kappa shape index (κ2) is 8460. The van der Waals surface area contributed by atoms with Crippen LogP contribution in [0, 0.1) is 7.43 Å². The molecule has 0 saturated carbocycles. The molecular weight excluding hydrogens is 2590 g/mol. The summed E-state index contributed by atoms with van der Waals surface area (Å²) in [6, 6.07) is 0. The van der Waals surface area contributed by atoms with E-state index in [1.165, 1.54) is 0 Å². The first-order valence-corrected chi connectivity index (χ1v) is 9.80. The molecule has 0 aliphatic rings. The van der Waals surface area contributed by atoms with Crippen molar-refractivity contribution in [3.8, 4) is 0 Å². The van der Waals surface area contributed by atoms with Crippen LogP contribution in [0.4, 0.5) is 0 Å². The molecule has 0 aromatic rings. The van der Waals surface area contributed by atoms with Crippen molar-refractivity contribution in [1.82, 2.24) is 0 Å². The van der Waals surface area contributed by atoms with Crippen molar-refractivity contribution in [1.29, 1.82) is 0 Å². The summed E-state index contributed by atoms with van der Waals surface area (Å²) in [5.41, 5.74) is 0. The maximum atomic E-state index is 8.25. The summed E-state index contributed by atoms with van der Waals surface area (Å²) in [4.78, 5) is 0. The molecule has 414 valence electrons. The zero-order valence-corrected chi connectivity index (χ0v) is 63.7. The first kappa shape index (κ1) is 299. The van der Waals surface area contributed by atoms with Gasteiger partial charge in [0.05, 0.1) is 0 Å². The minimum absolute atomic E-state index is 0. The van der Waals surface area contributed by atoms with Crippen LogP contribution in [0.1, 0.15) is 0 Å². The van der Waals surface area contributed by atoms with Gasteiger partial charge in [-0.2, -0.15) is 171 Å². The Morgan fingerprint density at radius 1 is 0.102 bits per heavy atom. The van der Waals surface area contributed by atoms with Crippen LogP contribution >= 0.6 is 0 Å². The van der Waals surface area contributed by atoms with E-state index in [0.717, 1.165) is 171 Å². The van der Waals surface area contributed by atoms with Gasteiger partial charge in [0.2, 0.25) is 0 Å². The summed E-state index contributed by atoms with van der Waals surface area (Å²) < 4.78 is 0. The Morgan fingerprint density at radius 3 is 0.102 bits per heavy atom. The van der Waals surface area contributed by atoms with Gasteiger partial charge < -0.3 is 130 Å². The molecule has 0 atom stereocenters. The SMILES string of the molecule is C[O-].C[O-].C[O-].C[O-].C[O-].C[O-].C[O-].C[O-].C[O-].C[O-].C[O-].C[O-].C[O-].C[O-].C[O-].C[O-].C[O-].C[O-].C[O-].C[O-].C[O-].C[O-].C[O-].C[O-].[CH3-].[Os+2].[Os+2].[Os+2].[Os+2].[Os+2].[Os].[Os].[Os].[Os].[Os]. The zero-order chi connectivity index (χ0) is 48.0. The van der Waals surface area contributed by atoms with E-state index >= 15 is 0 Å². The Labute approximate surface area is 492 Å². The number of hydrogen-bond donors (Lipinski definition) is 0. The summed E-state index contributed by atoms with van der Waals surface area (Å²) in [6.07, 6.45) is 0. The molecule has 0 amide bonds. The van der Waals surface area contributed by atoms with Crippen molar-refractivity contribution in [2.75, 3.05) is 171 Å². The molecule has 0 fully saturated rings. The van der Waals surface area contributed by atoms with E-state index < -0.39 is 0 Å². The summed E-state index contributed by atoms with van der Waals surface area (Å²) in [7, 11) is 18.0. The summed E-state index contributed by atoms with van der Waals surface area (Å²) >= 11 is 0. The Kier molecular flexibility index (Phi) is 42900. The fourth-order valence-electron chi connectivity index (χ4n) is 0. The van der Waals surface area contributed by atoms with Gasteiger partial charge >= 0.3 is 99.0 Å². The Balaban J connectivity index is -0.00000000306. The molecule has 59 heavy (non-hydrogen) atoms. The average molecular weight is 2660 g/mol. The standard InChI is InChI=1S/24CH3O.CH3.10Os/c24*1-2;;;;;;;;;;;/h24*1H3;1H3;;;;;;;;;;/q25*-1;;;;;;5*+2. The summed E-state index contributed by atoms with van der Waals surface area (Å²) in [5, 5.41) is 198. The maximum Gasteiger partial charge on any atom is 2.00 e. The summed E-state index contributed by atoms with van der Waals surface area (Å²) in [6.45, 7) is 0. The monoisotopic (exact) mass is 2680 g/mol. The Bertz CT molecular complexity index is 87.7. The van der Waals surface area contributed by atoms with Gasteiger partial charge in [-0.3, -0.25) is 0 Å². The predicted molar refractivity (Wildman–Crippen MR) is 149 cm³/mol. The van der Waals surface area contributed by atoms with Crippen molar-refractivity contribution in [3.63, 3.8) is 0 Å². The minimum atomic E-state index is 0. The molecule has 0 aromatic carbocycles. The van der Waals surface area contributed by atoms with Crippen LogP contribution < -0.4 is 123 Å². The van der Waals surface area contributed by atoms with Crippen LogP contribution in [0.3, 0.4) is 0 Å². The first-order valence-electron chi connectivity index (χ1n) is 9.80. The fourth-order valence-corrected chi connectivity index (χ4v) is 0. The van der Waals surface area contributed by atoms with Gasteiger partial charge in [-0.1, -0.05) is 0 Å². The van der Waals surface area contributed by atoms with Crippen molar-refractivity contribution >= 4 is 0 Å². The van der Waals surface area contributed by atoms with Gasteiger partial charge in [-0.05, 0) is 0 Å². The third kappa shape index (κ3) is 8190. The molecule has 0 bridgehead atoms. The molecule has 0 N–H and O–H groups in total. The molecule has 0 heterocycles. The molecular formula is C25H75O24Os10-15. The van der Waals surface area contributed by atoms with Crippen molar-refractivity contribution < 1.29 is 320 Å². The fraction of sp³-hybridized carbons (Fsp3) is 0.960. The topological polar surface area (TPSA) is 553 Å². The van der Waals surface area contributed by atoms with Crippen molar-refractivity contribution in [3.05, 3.63) is 7.43 Å². The van der Waals surface area contributed by atoms with Crippen LogP contribution in [0.2, 0.25) is 0 Å². The molecule has 34 heteroatoms. The second-order valence-corrected chi connectivity index (χ2v) is 0. The van der Waals surface area contributed by atoms with E-state index in [0.29, 0.717) is 0 Å². The quantitative estimate of drug-likeness (QED) is 0.203. The first-order chi connectivity index (χ1) is 24.0. The molecule has 0 aliphatic carbocycles. The largest absolute Gasteiger partial charge is 2.00 e. The van der Waals surface area contributed by atoms with Crippen LogP contribution in [0.15, 0.2) is 0 Å². The molecule has 0 aliphatic heterocycles. The third-order valence-electron chi connectivity index (χ3n) is 0. The van der Waals surface area contributed by atoms with Gasteiger partial charge in [-0.15, -0.1) is 0 Å². The van der Waals surface area contributed by atoms with Crippen molar-refractivity contribution in [2.45, 2.75) is 0 Å². The van der Waals surface area contributed by atoms with Crippen LogP contribution in [-0.2, 0) is 198 Å². The van der Waals surface area contributed by atoms with E-state index in [9.17, 15) is 0 Å². The molecule has 0 radical (unpaired) electrons. The Morgan fingerprint density at radius 2 is 0.102 bits per heavy atom. The third-order valence-corrected chi connectivity index (χ3v) is 0. The van der Waals surface area contributed by atoms with Gasteiger partial charge in [-0.25, -0.2) is 0 Å². The van der Waals surface area contributed by atoms with Crippen LogP contribution in [-0.4, -0.2) is 171 Å². The normalized spacial score (nSPS) is 2.44. The zero-order valence-electron chi connectivity index (χ0n) is 38.3. The second-order valence-electron chi connectivity index (χ2n) is 0. The van der Waals surface area contributed by atoms with Crippen LogP contribution in [0.5, 0.6) is 0 Å². The average Bonchev–Trinajstić information content (AvgIpc) is 3.34. The Hall–Kier alpha value is 5.40. The predicted octanol–water partition coefficient (Wildman–Crippen LogP) is -24.1. The smallest absolute Gasteiger partial charge is 0.857 e. The van der Waals surface area contributed by atoms with E-state index in [1.807, 2.05) is 0 Å². The molecule has 0 aromatic heterocycles.